The van der Waals surface area contributed by atoms with Crippen LogP contribution in [0, 0.1) is 5.92 Å². The van der Waals surface area contributed by atoms with Crippen molar-refractivity contribution in [3.8, 4) is 0 Å². The average molecular weight is 205 g/mol. The standard InChI is InChI=1S/C6H12BF3N.K/c8-7(9,10)6-3-1-2-5(6)4-11;/h5-6H,1-4,11H2;/q-1;+1/t5-,6-;/m0./s1. The van der Waals surface area contributed by atoms with Crippen molar-refractivity contribution >= 4 is 6.98 Å². The van der Waals surface area contributed by atoms with Crippen LogP contribution in [0.25, 0.3) is 0 Å². The van der Waals surface area contributed by atoms with Crippen LogP contribution < -0.4 is 57.1 Å². The minimum absolute atomic E-state index is 0. The van der Waals surface area contributed by atoms with E-state index in [4.69, 9.17) is 5.73 Å². The van der Waals surface area contributed by atoms with E-state index < -0.39 is 12.8 Å². The van der Waals surface area contributed by atoms with Crippen molar-refractivity contribution in [2.75, 3.05) is 6.54 Å². The van der Waals surface area contributed by atoms with Gasteiger partial charge in [-0.05, 0) is 12.5 Å². The summed E-state index contributed by atoms with van der Waals surface area (Å²) in [6.07, 6.45) is 1.64. The number of hydrogen-bond donors (Lipinski definition) is 1. The number of halogens is 3. The largest absolute Gasteiger partial charge is 1.00 e. The Morgan fingerprint density at radius 3 is 2.17 bits per heavy atom. The van der Waals surface area contributed by atoms with Crippen LogP contribution >= 0.6 is 0 Å². The maximum absolute atomic E-state index is 12.2. The van der Waals surface area contributed by atoms with Gasteiger partial charge < -0.3 is 18.7 Å². The minimum atomic E-state index is -4.64. The third-order valence-corrected chi connectivity index (χ3v) is 2.51. The molecule has 6 heteroatoms. The normalized spacial score (nSPS) is 30.0. The summed E-state index contributed by atoms with van der Waals surface area (Å²) in [5.41, 5.74) is 5.23. The van der Waals surface area contributed by atoms with Gasteiger partial charge in [0.05, 0.1) is 0 Å². The van der Waals surface area contributed by atoms with Gasteiger partial charge in [0.2, 0.25) is 0 Å². The molecule has 2 atom stereocenters. The first-order valence-corrected chi connectivity index (χ1v) is 3.95. The van der Waals surface area contributed by atoms with Crippen LogP contribution in [0.5, 0.6) is 0 Å². The fraction of sp³-hybridized carbons (Fsp3) is 1.00. The zero-order chi connectivity index (χ0) is 8.48. The molecule has 0 saturated heterocycles. The van der Waals surface area contributed by atoms with Crippen molar-refractivity contribution in [2.24, 2.45) is 11.7 Å². The summed E-state index contributed by atoms with van der Waals surface area (Å²) in [7, 11) is 0. The Morgan fingerprint density at radius 1 is 1.25 bits per heavy atom. The molecule has 1 fully saturated rings. The maximum Gasteiger partial charge on any atom is 1.00 e. The summed E-state index contributed by atoms with van der Waals surface area (Å²) in [5, 5.41) is 0. The van der Waals surface area contributed by atoms with E-state index in [0.29, 0.717) is 19.3 Å². The third-order valence-electron chi connectivity index (χ3n) is 2.51. The monoisotopic (exact) mass is 205 g/mol. The van der Waals surface area contributed by atoms with Crippen LogP contribution in [-0.4, -0.2) is 13.5 Å². The fourth-order valence-electron chi connectivity index (χ4n) is 1.86. The van der Waals surface area contributed by atoms with Gasteiger partial charge in [0, 0.05) is 0 Å². The van der Waals surface area contributed by atoms with Crippen LogP contribution in [0.3, 0.4) is 0 Å². The van der Waals surface area contributed by atoms with E-state index in [9.17, 15) is 12.9 Å². The van der Waals surface area contributed by atoms with Crippen molar-refractivity contribution in [3.63, 3.8) is 0 Å². The molecule has 1 aliphatic rings. The van der Waals surface area contributed by atoms with Gasteiger partial charge >= 0.3 is 58.4 Å². The fourth-order valence-corrected chi connectivity index (χ4v) is 1.86. The van der Waals surface area contributed by atoms with Gasteiger partial charge in [0.15, 0.2) is 0 Å². The zero-order valence-corrected chi connectivity index (χ0v) is 10.4. The van der Waals surface area contributed by atoms with Crippen molar-refractivity contribution in [1.82, 2.24) is 0 Å². The molecule has 0 aromatic heterocycles. The topological polar surface area (TPSA) is 26.0 Å². The van der Waals surface area contributed by atoms with Crippen LogP contribution in [0.2, 0.25) is 5.82 Å². The Hall–Kier alpha value is 1.45. The molecule has 66 valence electrons. The summed E-state index contributed by atoms with van der Waals surface area (Å²) < 4.78 is 36.6. The van der Waals surface area contributed by atoms with Crippen molar-refractivity contribution in [1.29, 1.82) is 0 Å². The first-order chi connectivity index (χ1) is 5.05. The third kappa shape index (κ3) is 3.31. The van der Waals surface area contributed by atoms with Crippen LogP contribution in [-0.2, 0) is 0 Å². The number of rotatable bonds is 2. The van der Waals surface area contributed by atoms with Crippen molar-refractivity contribution in [2.45, 2.75) is 25.1 Å². The average Bonchev–Trinajstić information content (AvgIpc) is 2.31. The van der Waals surface area contributed by atoms with Gasteiger partial charge in [-0.1, -0.05) is 25.1 Å². The van der Waals surface area contributed by atoms with Gasteiger partial charge in [0.25, 0.3) is 0 Å². The molecule has 0 bridgehead atoms. The van der Waals surface area contributed by atoms with Crippen LogP contribution in [0.4, 0.5) is 12.9 Å². The molecule has 0 unspecified atom stereocenters. The minimum Gasteiger partial charge on any atom is -0.449 e. The summed E-state index contributed by atoms with van der Waals surface area (Å²) in [4.78, 5) is 0. The van der Waals surface area contributed by atoms with Crippen molar-refractivity contribution in [3.05, 3.63) is 0 Å². The van der Waals surface area contributed by atoms with E-state index in [2.05, 4.69) is 0 Å². The van der Waals surface area contributed by atoms with Gasteiger partial charge in [-0.25, -0.2) is 0 Å². The maximum atomic E-state index is 12.2. The Labute approximate surface area is 113 Å². The molecule has 1 nitrogen and oxygen atoms in total. The molecule has 1 aliphatic carbocycles. The molecule has 0 spiro atoms. The van der Waals surface area contributed by atoms with Gasteiger partial charge in [-0.3, -0.25) is 0 Å². The Morgan fingerprint density at radius 2 is 1.83 bits per heavy atom. The van der Waals surface area contributed by atoms with Crippen LogP contribution in [0.1, 0.15) is 19.3 Å². The summed E-state index contributed by atoms with van der Waals surface area (Å²) in [6, 6.07) is 0. The van der Waals surface area contributed by atoms with E-state index in [-0.39, 0.29) is 63.8 Å². The molecule has 0 aromatic rings. The van der Waals surface area contributed by atoms with E-state index >= 15 is 0 Å². The number of hydrogen-bond acceptors (Lipinski definition) is 1. The number of nitrogens with two attached hydrogens (primary N) is 1. The van der Waals surface area contributed by atoms with Gasteiger partial charge in [-0.15, -0.1) is 0 Å². The summed E-state index contributed by atoms with van der Waals surface area (Å²) >= 11 is 0. The zero-order valence-electron chi connectivity index (χ0n) is 7.27. The SMILES string of the molecule is NC[C@@H]1CCC[C@@H]1[B-](F)(F)F.[K+]. The molecule has 1 saturated carbocycles. The molecular weight excluding hydrogens is 193 g/mol. The van der Waals surface area contributed by atoms with E-state index in [1.807, 2.05) is 0 Å². The first-order valence-electron chi connectivity index (χ1n) is 3.95. The van der Waals surface area contributed by atoms with Gasteiger partial charge in [0.1, 0.15) is 0 Å². The molecule has 0 heterocycles. The van der Waals surface area contributed by atoms with Gasteiger partial charge in [-0.2, -0.15) is 0 Å². The Kier molecular flexibility index (Phi) is 6.01. The molecule has 0 aromatic carbocycles. The molecule has 12 heavy (non-hydrogen) atoms. The van der Waals surface area contributed by atoms with Crippen LogP contribution in [0.15, 0.2) is 0 Å². The quantitative estimate of drug-likeness (QED) is 0.573. The second-order valence-electron chi connectivity index (χ2n) is 3.22. The smallest absolute Gasteiger partial charge is 0.449 e. The molecular formula is C6H12BF3KN. The first kappa shape index (κ1) is 13.5. The Balaban J connectivity index is 0.00000121. The molecule has 2 N–H and O–H groups in total. The second kappa shape index (κ2) is 5.36. The summed E-state index contributed by atoms with van der Waals surface area (Å²) in [5.74, 6) is -1.37. The summed E-state index contributed by atoms with van der Waals surface area (Å²) in [6.45, 7) is -4.45. The Bertz CT molecular complexity index is 141. The van der Waals surface area contributed by atoms with E-state index in [1.54, 1.807) is 0 Å². The molecule has 1 rings (SSSR count). The second-order valence-corrected chi connectivity index (χ2v) is 3.22. The van der Waals surface area contributed by atoms with Crippen molar-refractivity contribution < 1.29 is 64.3 Å². The predicted molar refractivity (Wildman–Crippen MR) is 39.2 cm³/mol. The molecule has 0 radical (unpaired) electrons. The van der Waals surface area contributed by atoms with E-state index in [0.717, 1.165) is 0 Å². The molecule has 0 amide bonds. The van der Waals surface area contributed by atoms with E-state index in [1.165, 1.54) is 0 Å². The molecule has 0 aliphatic heterocycles. The predicted octanol–water partition coefficient (Wildman–Crippen LogP) is -1.03.